The number of para-hydroxylation sites is 1. The Bertz CT molecular complexity index is 1270. The van der Waals surface area contributed by atoms with Crippen LogP contribution in [-0.2, 0) is 23.4 Å². The zero-order chi connectivity index (χ0) is 27.5. The number of hydrogen-bond donors (Lipinski definition) is 3. The number of halogens is 3. The average molecular weight is 568 g/mol. The molecule has 204 valence electrons. The molecular weight excluding hydrogens is 543 g/mol. The van der Waals surface area contributed by atoms with Gasteiger partial charge in [0.2, 0.25) is 5.82 Å². The van der Waals surface area contributed by atoms with Crippen LogP contribution in [0.5, 0.6) is 5.75 Å². The lowest BCUT2D eigenvalue weighted by molar-refractivity contribution is -0.149. The minimum Gasteiger partial charge on any atom is -0.462 e. The first-order chi connectivity index (χ1) is 17.2. The molecule has 0 unspecified atom stereocenters. The minimum atomic E-state index is -4.41. The molecule has 0 radical (unpaired) electrons. The molecule has 0 amide bonds. The van der Waals surface area contributed by atoms with E-state index < -0.39 is 73.1 Å². The average Bonchev–Trinajstić information content (AvgIpc) is 3.03. The van der Waals surface area contributed by atoms with Gasteiger partial charge < -0.3 is 19.1 Å². The molecule has 2 aromatic rings. The van der Waals surface area contributed by atoms with Crippen LogP contribution in [0.25, 0.3) is 0 Å². The summed E-state index contributed by atoms with van der Waals surface area (Å²) in [5.41, 5.74) is -2.61. The third kappa shape index (κ3) is 6.83. The molecule has 0 spiro atoms. The molecule has 0 saturated carbocycles. The third-order valence-corrected chi connectivity index (χ3v) is 7.05. The highest BCUT2D eigenvalue weighted by Crippen LogP contribution is 2.48. The summed E-state index contributed by atoms with van der Waals surface area (Å²) in [7, 11) is -4.41. The number of aliphatic hydroxyl groups is 1. The molecule has 6 atom stereocenters. The lowest BCUT2D eigenvalue weighted by Gasteiger charge is -2.25. The number of rotatable bonds is 10. The number of H-pyrrole nitrogens is 1. The number of nitrogens with one attached hydrogen (secondary N) is 2. The maximum Gasteiger partial charge on any atom is 0.459 e. The summed E-state index contributed by atoms with van der Waals surface area (Å²) >= 11 is 5.78. The van der Waals surface area contributed by atoms with Crippen molar-refractivity contribution in [1.82, 2.24) is 14.6 Å². The molecule has 1 aliphatic heterocycles. The number of carbonyl (C=O) groups excluding carboxylic acids is 1. The second kappa shape index (κ2) is 11.4. The van der Waals surface area contributed by atoms with Crippen LogP contribution >= 0.6 is 19.3 Å². The van der Waals surface area contributed by atoms with E-state index in [0.29, 0.717) is 10.8 Å². The van der Waals surface area contributed by atoms with Crippen LogP contribution in [0.3, 0.4) is 0 Å². The topological polar surface area (TPSA) is 158 Å². The fourth-order valence-corrected chi connectivity index (χ4v) is 5.05. The van der Waals surface area contributed by atoms with Crippen LogP contribution in [0.15, 0.2) is 46.1 Å². The first kappa shape index (κ1) is 29.0. The van der Waals surface area contributed by atoms with Gasteiger partial charge >= 0.3 is 19.4 Å². The van der Waals surface area contributed by atoms with Crippen LogP contribution in [-0.4, -0.2) is 56.7 Å². The van der Waals surface area contributed by atoms with Crippen molar-refractivity contribution >= 4 is 25.3 Å². The Morgan fingerprint density at radius 1 is 1.32 bits per heavy atom. The van der Waals surface area contributed by atoms with E-state index >= 15 is 4.39 Å². The molecule has 1 saturated heterocycles. The van der Waals surface area contributed by atoms with Gasteiger partial charge in [-0.05, 0) is 32.9 Å². The van der Waals surface area contributed by atoms with Crippen molar-refractivity contribution < 1.29 is 41.8 Å². The number of ether oxygens (including phenoxy) is 2. The van der Waals surface area contributed by atoms with Gasteiger partial charge in [0.05, 0.1) is 18.9 Å². The van der Waals surface area contributed by atoms with Crippen molar-refractivity contribution in [1.29, 1.82) is 0 Å². The highest BCUT2D eigenvalue weighted by molar-refractivity contribution is 7.52. The number of aliphatic hydroxyl groups excluding tert-OH is 1. The van der Waals surface area contributed by atoms with Gasteiger partial charge in [0.1, 0.15) is 24.0 Å². The van der Waals surface area contributed by atoms with Crippen LogP contribution in [0.4, 0.5) is 8.78 Å². The van der Waals surface area contributed by atoms with E-state index in [1.54, 1.807) is 37.0 Å². The summed E-state index contributed by atoms with van der Waals surface area (Å²) in [4.78, 5) is 37.2. The van der Waals surface area contributed by atoms with E-state index in [0.717, 1.165) is 0 Å². The number of alkyl halides is 2. The van der Waals surface area contributed by atoms with Gasteiger partial charge in [-0.3, -0.25) is 23.7 Å². The van der Waals surface area contributed by atoms with Gasteiger partial charge in [-0.25, -0.2) is 13.8 Å². The lowest BCUT2D eigenvalue weighted by atomic mass is 10.1. The minimum absolute atomic E-state index is 0.0842. The van der Waals surface area contributed by atoms with Gasteiger partial charge in [-0.2, -0.15) is 9.48 Å². The van der Waals surface area contributed by atoms with Gasteiger partial charge in [0.15, 0.2) is 6.23 Å². The molecule has 0 aliphatic carbocycles. The van der Waals surface area contributed by atoms with Crippen LogP contribution in [0.2, 0.25) is 0 Å². The van der Waals surface area contributed by atoms with Crippen molar-refractivity contribution in [3.8, 4) is 5.75 Å². The Balaban J connectivity index is 1.82. The quantitative estimate of drug-likeness (QED) is 0.220. The third-order valence-electron chi connectivity index (χ3n) is 4.99. The molecule has 37 heavy (non-hydrogen) atoms. The predicted octanol–water partition coefficient (Wildman–Crippen LogP) is 1.97. The predicted molar refractivity (Wildman–Crippen MR) is 125 cm³/mol. The standard InChI is InChI=1S/C21H25ClF2N3O9P/c1-11(2)34-18(30)12(3)26-37(32,36-13-7-5-4-6-8-13)33-10-15-16(28)21(22,24)19(35-15)27-9-14(23)17(29)25-20(27)31/h4-9,11-12,15-16,19,28H,10H2,1-3H3,(H,26,32)(H,25,29,31)/t12-,15+,16+,19+,21-,37-/m0/s1. The first-order valence-electron chi connectivity index (χ1n) is 10.9. The molecule has 0 bridgehead atoms. The second-order valence-electron chi connectivity index (χ2n) is 8.32. The van der Waals surface area contributed by atoms with Gasteiger partial charge in [0.25, 0.3) is 10.7 Å². The Kier molecular flexibility index (Phi) is 8.93. The van der Waals surface area contributed by atoms with E-state index in [2.05, 4.69) is 5.09 Å². The van der Waals surface area contributed by atoms with Gasteiger partial charge in [0, 0.05) is 0 Å². The number of esters is 1. The molecule has 3 N–H and O–H groups in total. The normalized spacial score (nSPS) is 26.0. The van der Waals surface area contributed by atoms with E-state index in [4.69, 9.17) is 30.1 Å². The molecular formula is C21H25ClF2N3O9P. The highest BCUT2D eigenvalue weighted by Gasteiger charge is 2.58. The zero-order valence-electron chi connectivity index (χ0n) is 19.8. The molecule has 16 heteroatoms. The van der Waals surface area contributed by atoms with Crippen molar-refractivity contribution in [2.24, 2.45) is 0 Å². The molecule has 2 heterocycles. The second-order valence-corrected chi connectivity index (χ2v) is 10.6. The van der Waals surface area contributed by atoms with Gasteiger partial charge in [-0.1, -0.05) is 29.8 Å². The molecule has 1 aromatic carbocycles. The lowest BCUT2D eigenvalue weighted by Crippen LogP contribution is -2.42. The summed E-state index contributed by atoms with van der Waals surface area (Å²) in [5, 5.41) is 9.62. The Morgan fingerprint density at radius 3 is 2.59 bits per heavy atom. The number of hydrogen-bond acceptors (Lipinski definition) is 9. The number of benzene rings is 1. The van der Waals surface area contributed by atoms with Crippen LogP contribution in [0.1, 0.15) is 27.0 Å². The molecule has 1 fully saturated rings. The van der Waals surface area contributed by atoms with E-state index in [1.165, 1.54) is 19.1 Å². The van der Waals surface area contributed by atoms with E-state index in [1.807, 2.05) is 0 Å². The smallest absolute Gasteiger partial charge is 0.459 e. The summed E-state index contributed by atoms with van der Waals surface area (Å²) in [6, 6.07) is 6.55. The number of carbonyl (C=O) groups is 1. The Morgan fingerprint density at radius 2 is 1.97 bits per heavy atom. The first-order valence-corrected chi connectivity index (χ1v) is 12.9. The van der Waals surface area contributed by atoms with Crippen molar-refractivity contribution in [2.45, 2.75) is 56.5 Å². The number of nitrogens with zero attached hydrogens (tertiary/aromatic N) is 1. The van der Waals surface area contributed by atoms with Crippen molar-refractivity contribution in [2.75, 3.05) is 6.61 Å². The van der Waals surface area contributed by atoms with E-state index in [9.17, 15) is 28.4 Å². The van der Waals surface area contributed by atoms with Crippen molar-refractivity contribution in [3.63, 3.8) is 0 Å². The largest absolute Gasteiger partial charge is 0.462 e. The molecule has 3 rings (SSSR count). The summed E-state index contributed by atoms with van der Waals surface area (Å²) in [5.74, 6) is -2.12. The molecule has 1 aromatic heterocycles. The number of aromatic amines is 1. The monoisotopic (exact) mass is 567 g/mol. The number of aromatic nitrogens is 2. The maximum atomic E-state index is 15.2. The fourth-order valence-electron chi connectivity index (χ4n) is 3.25. The summed E-state index contributed by atoms with van der Waals surface area (Å²) in [6.45, 7) is 3.75. The maximum absolute atomic E-state index is 15.2. The summed E-state index contributed by atoms with van der Waals surface area (Å²) in [6.07, 6.45) is -6.02. The van der Waals surface area contributed by atoms with Gasteiger partial charge in [-0.15, -0.1) is 0 Å². The Hall–Kier alpha value is -2.61. The van der Waals surface area contributed by atoms with E-state index in [-0.39, 0.29) is 5.75 Å². The van der Waals surface area contributed by atoms with Crippen molar-refractivity contribution in [3.05, 3.63) is 63.2 Å². The molecule has 1 aliphatic rings. The van der Waals surface area contributed by atoms with Crippen LogP contribution < -0.4 is 20.9 Å². The fraction of sp³-hybridized carbons (Fsp3) is 0.476. The SMILES string of the molecule is CC(C)OC(=O)[C@H](C)N[P@](=O)(OC[C@H]1O[C@@H](n2cc(F)c(=O)[nH]c2=O)[C@](F)(Cl)[C@@H]1O)Oc1ccccc1. The molecule has 12 nitrogen and oxygen atoms in total. The summed E-state index contributed by atoms with van der Waals surface area (Å²) < 4.78 is 63.9. The Labute approximate surface area is 214 Å². The highest BCUT2D eigenvalue weighted by atomic mass is 35.5. The van der Waals surface area contributed by atoms with Crippen LogP contribution in [0, 0.1) is 5.82 Å². The zero-order valence-corrected chi connectivity index (χ0v) is 21.4.